The zero-order valence-corrected chi connectivity index (χ0v) is 15.3. The Balaban J connectivity index is 1.47. The highest BCUT2D eigenvalue weighted by Crippen LogP contribution is 2.38. The number of nitrogens with one attached hydrogen (secondary N) is 2. The fourth-order valence-corrected chi connectivity index (χ4v) is 3.89. The lowest BCUT2D eigenvalue weighted by atomic mass is 10.1. The molecule has 0 aliphatic carbocycles. The van der Waals surface area contributed by atoms with Gasteiger partial charge in [-0.15, -0.1) is 0 Å². The molecule has 0 fully saturated rings. The highest BCUT2D eigenvalue weighted by atomic mass is 32.2. The molecule has 2 aromatic carbocycles. The molecule has 1 aliphatic heterocycles. The number of carbonyl (C=O) groups excluding carboxylic acids is 2. The molecule has 4 rings (SSSR count). The Morgan fingerprint density at radius 1 is 1.07 bits per heavy atom. The number of anilines is 1. The van der Waals surface area contributed by atoms with Crippen LogP contribution in [0.1, 0.15) is 26.3 Å². The standard InChI is InChI=1S/C21H17N3O2S/c25-20(23-11-9-14-4-3-10-22-13-14)15-7-8-19-17(12-15)24-21(26)16-5-1-2-6-18(16)27-19/h1-8,10,12-13H,9,11H2,(H,23,25)(H,24,26). The van der Waals surface area contributed by atoms with Crippen LogP contribution in [0.15, 0.2) is 76.8 Å². The van der Waals surface area contributed by atoms with Gasteiger partial charge in [-0.2, -0.15) is 0 Å². The highest BCUT2D eigenvalue weighted by Gasteiger charge is 2.20. The van der Waals surface area contributed by atoms with Crippen LogP contribution in [-0.2, 0) is 6.42 Å². The summed E-state index contributed by atoms with van der Waals surface area (Å²) in [6.45, 7) is 0.522. The molecule has 0 saturated carbocycles. The molecule has 0 bridgehead atoms. The van der Waals surface area contributed by atoms with Crippen molar-refractivity contribution in [1.82, 2.24) is 10.3 Å². The third kappa shape index (κ3) is 3.85. The number of nitrogens with zero attached hydrogens (tertiary/aromatic N) is 1. The van der Waals surface area contributed by atoms with Gasteiger partial charge in [-0.1, -0.05) is 30.0 Å². The number of fused-ring (bicyclic) bond motifs is 2. The van der Waals surface area contributed by atoms with Crippen molar-refractivity contribution in [3.63, 3.8) is 0 Å². The van der Waals surface area contributed by atoms with Crippen LogP contribution in [0.2, 0.25) is 0 Å². The molecule has 0 unspecified atom stereocenters. The van der Waals surface area contributed by atoms with Gasteiger partial charge in [0.05, 0.1) is 11.3 Å². The topological polar surface area (TPSA) is 71.1 Å². The van der Waals surface area contributed by atoms with Gasteiger partial charge < -0.3 is 10.6 Å². The van der Waals surface area contributed by atoms with E-state index < -0.39 is 0 Å². The monoisotopic (exact) mass is 375 g/mol. The predicted octanol–water partition coefficient (Wildman–Crippen LogP) is 3.77. The van der Waals surface area contributed by atoms with E-state index in [0.717, 1.165) is 15.4 Å². The molecule has 2 heterocycles. The van der Waals surface area contributed by atoms with Crippen LogP contribution >= 0.6 is 11.8 Å². The summed E-state index contributed by atoms with van der Waals surface area (Å²) >= 11 is 1.52. The Morgan fingerprint density at radius 2 is 1.96 bits per heavy atom. The Morgan fingerprint density at radius 3 is 2.81 bits per heavy atom. The number of amides is 2. The number of aromatic nitrogens is 1. The van der Waals surface area contributed by atoms with Crippen LogP contribution in [0.5, 0.6) is 0 Å². The summed E-state index contributed by atoms with van der Waals surface area (Å²) < 4.78 is 0. The maximum Gasteiger partial charge on any atom is 0.256 e. The molecule has 0 saturated heterocycles. The van der Waals surface area contributed by atoms with Gasteiger partial charge in [-0.3, -0.25) is 14.6 Å². The van der Waals surface area contributed by atoms with E-state index in [-0.39, 0.29) is 11.8 Å². The molecule has 5 nitrogen and oxygen atoms in total. The zero-order valence-electron chi connectivity index (χ0n) is 14.4. The van der Waals surface area contributed by atoms with Crippen LogP contribution in [0.3, 0.4) is 0 Å². The van der Waals surface area contributed by atoms with Gasteiger partial charge >= 0.3 is 0 Å². The first-order valence-corrected chi connectivity index (χ1v) is 9.42. The maximum atomic E-state index is 12.5. The van der Waals surface area contributed by atoms with E-state index in [1.54, 1.807) is 30.6 Å². The zero-order chi connectivity index (χ0) is 18.6. The third-order valence-corrected chi connectivity index (χ3v) is 5.42. The van der Waals surface area contributed by atoms with E-state index in [1.807, 2.05) is 36.4 Å². The Bertz CT molecular complexity index is 1010. The second kappa shape index (κ2) is 7.63. The van der Waals surface area contributed by atoms with Crippen LogP contribution in [0, 0.1) is 0 Å². The summed E-state index contributed by atoms with van der Waals surface area (Å²) in [5.74, 6) is -0.325. The predicted molar refractivity (Wildman–Crippen MR) is 105 cm³/mol. The van der Waals surface area contributed by atoms with E-state index in [1.165, 1.54) is 11.8 Å². The van der Waals surface area contributed by atoms with Crippen molar-refractivity contribution < 1.29 is 9.59 Å². The Labute approximate surface area is 161 Å². The number of pyridine rings is 1. The van der Waals surface area contributed by atoms with Crippen molar-refractivity contribution in [3.8, 4) is 0 Å². The van der Waals surface area contributed by atoms with E-state index in [4.69, 9.17) is 0 Å². The normalized spacial score (nSPS) is 12.4. The Kier molecular flexibility index (Phi) is 4.89. The summed E-state index contributed by atoms with van der Waals surface area (Å²) in [5.41, 5.74) is 2.88. The smallest absolute Gasteiger partial charge is 0.256 e. The van der Waals surface area contributed by atoms with Crippen molar-refractivity contribution in [3.05, 3.63) is 83.7 Å². The van der Waals surface area contributed by atoms with E-state index in [2.05, 4.69) is 15.6 Å². The average Bonchev–Trinajstić information content (AvgIpc) is 2.84. The summed E-state index contributed by atoms with van der Waals surface area (Å²) in [6, 6.07) is 16.7. The lowest BCUT2D eigenvalue weighted by Crippen LogP contribution is -2.25. The first-order chi connectivity index (χ1) is 13.2. The minimum absolute atomic E-state index is 0.161. The van der Waals surface area contributed by atoms with Crippen molar-refractivity contribution >= 4 is 29.3 Å². The van der Waals surface area contributed by atoms with Gasteiger partial charge in [0.1, 0.15) is 0 Å². The number of benzene rings is 2. The molecule has 134 valence electrons. The number of rotatable bonds is 4. The maximum absolute atomic E-state index is 12.5. The third-order valence-electron chi connectivity index (χ3n) is 4.26. The van der Waals surface area contributed by atoms with Crippen molar-refractivity contribution in [2.75, 3.05) is 11.9 Å². The van der Waals surface area contributed by atoms with Crippen molar-refractivity contribution in [1.29, 1.82) is 0 Å². The minimum Gasteiger partial charge on any atom is -0.352 e. The van der Waals surface area contributed by atoms with E-state index >= 15 is 0 Å². The van der Waals surface area contributed by atoms with Gasteiger partial charge in [0.15, 0.2) is 0 Å². The van der Waals surface area contributed by atoms with E-state index in [9.17, 15) is 9.59 Å². The first-order valence-electron chi connectivity index (χ1n) is 8.60. The highest BCUT2D eigenvalue weighted by molar-refractivity contribution is 7.99. The van der Waals surface area contributed by atoms with Crippen molar-refractivity contribution in [2.45, 2.75) is 16.2 Å². The molecule has 2 N–H and O–H groups in total. The van der Waals surface area contributed by atoms with Crippen molar-refractivity contribution in [2.24, 2.45) is 0 Å². The first kappa shape index (κ1) is 17.3. The van der Waals surface area contributed by atoms with Crippen LogP contribution < -0.4 is 10.6 Å². The fraction of sp³-hybridized carbons (Fsp3) is 0.0952. The van der Waals surface area contributed by atoms with Crippen LogP contribution in [0.25, 0.3) is 0 Å². The van der Waals surface area contributed by atoms with Gasteiger partial charge in [-0.05, 0) is 48.4 Å². The molecule has 2 amide bonds. The van der Waals surface area contributed by atoms with Gasteiger partial charge in [0.25, 0.3) is 11.8 Å². The lowest BCUT2D eigenvalue weighted by molar-refractivity contribution is 0.0952. The molecule has 0 radical (unpaired) electrons. The average molecular weight is 375 g/mol. The quantitative estimate of drug-likeness (QED) is 0.728. The molecule has 6 heteroatoms. The second-order valence-electron chi connectivity index (χ2n) is 6.13. The largest absolute Gasteiger partial charge is 0.352 e. The molecule has 0 atom stereocenters. The number of carbonyl (C=O) groups is 2. The number of hydrogen-bond donors (Lipinski definition) is 2. The Hall–Kier alpha value is -3.12. The van der Waals surface area contributed by atoms with Gasteiger partial charge in [0.2, 0.25) is 0 Å². The SMILES string of the molecule is O=C(NCCc1cccnc1)c1ccc2c(c1)NC(=O)c1ccccc1S2. The summed E-state index contributed by atoms with van der Waals surface area (Å²) in [4.78, 5) is 30.8. The summed E-state index contributed by atoms with van der Waals surface area (Å²) in [5, 5.41) is 5.82. The molecular weight excluding hydrogens is 358 g/mol. The molecular formula is C21H17N3O2S. The number of hydrogen-bond acceptors (Lipinski definition) is 4. The summed E-state index contributed by atoms with van der Waals surface area (Å²) in [6.07, 6.45) is 4.23. The lowest BCUT2D eigenvalue weighted by Gasteiger charge is -2.10. The molecule has 1 aromatic heterocycles. The second-order valence-corrected chi connectivity index (χ2v) is 7.21. The molecule has 1 aliphatic rings. The van der Waals surface area contributed by atoms with Gasteiger partial charge in [0, 0.05) is 34.3 Å². The van der Waals surface area contributed by atoms with Crippen LogP contribution in [-0.4, -0.2) is 23.3 Å². The molecule has 27 heavy (non-hydrogen) atoms. The van der Waals surface area contributed by atoms with E-state index in [0.29, 0.717) is 29.8 Å². The minimum atomic E-state index is -0.164. The fourth-order valence-electron chi connectivity index (χ4n) is 2.88. The van der Waals surface area contributed by atoms with Crippen LogP contribution in [0.4, 0.5) is 5.69 Å². The van der Waals surface area contributed by atoms with Gasteiger partial charge in [-0.25, -0.2) is 0 Å². The summed E-state index contributed by atoms with van der Waals surface area (Å²) in [7, 11) is 0. The molecule has 3 aromatic rings. The molecule has 0 spiro atoms.